The normalized spacial score (nSPS) is 51.4. The summed E-state index contributed by atoms with van der Waals surface area (Å²) < 4.78 is 5.49. The van der Waals surface area contributed by atoms with Crippen LogP contribution in [0.5, 0.6) is 0 Å². The van der Waals surface area contributed by atoms with Crippen LogP contribution in [-0.2, 0) is 14.3 Å². The third-order valence-electron chi connectivity index (χ3n) is 12.9. The Hall–Kier alpha value is -1.38. The molecule has 0 amide bonds. The quantitative estimate of drug-likeness (QED) is 0.304. The molecule has 0 saturated heterocycles. The van der Waals surface area contributed by atoms with Crippen molar-refractivity contribution in [2.24, 2.45) is 56.7 Å². The molecule has 0 aliphatic heterocycles. The van der Waals surface area contributed by atoms with E-state index in [0.717, 1.165) is 44.9 Å². The summed E-state index contributed by atoms with van der Waals surface area (Å²) in [6.07, 6.45) is 14.2. The van der Waals surface area contributed by atoms with Gasteiger partial charge in [0.25, 0.3) is 0 Å². The fraction of sp³-hybridized carbons (Fsp3) is 0.806. The second kappa shape index (κ2) is 7.32. The first-order chi connectivity index (χ1) is 15.8. The van der Waals surface area contributed by atoms with Crippen LogP contribution in [0.25, 0.3) is 0 Å². The molecule has 0 bridgehead atoms. The molecular weight excluding hydrogens is 420 g/mol. The van der Waals surface area contributed by atoms with Crippen molar-refractivity contribution >= 4 is 11.8 Å². The van der Waals surface area contributed by atoms with Crippen molar-refractivity contribution in [3.05, 3.63) is 23.8 Å². The number of carbonyl (C=O) groups is 2. The van der Waals surface area contributed by atoms with Crippen LogP contribution in [0.3, 0.4) is 0 Å². The Morgan fingerprint density at radius 2 is 1.68 bits per heavy atom. The van der Waals surface area contributed by atoms with Crippen LogP contribution in [-0.4, -0.2) is 18.9 Å². The summed E-state index contributed by atoms with van der Waals surface area (Å²) >= 11 is 0. The summed E-state index contributed by atoms with van der Waals surface area (Å²) in [6.45, 7) is 16.7. The molecular formula is C31H46O3. The molecule has 5 rings (SSSR count). The lowest BCUT2D eigenvalue weighted by atomic mass is 9.34. The molecule has 9 atom stereocenters. The minimum Gasteiger partial charge on any atom is -0.469 e. The predicted molar refractivity (Wildman–Crippen MR) is 136 cm³/mol. The van der Waals surface area contributed by atoms with Crippen LogP contribution in [0.1, 0.15) is 93.4 Å². The van der Waals surface area contributed by atoms with Gasteiger partial charge in [0.05, 0.1) is 12.5 Å². The lowest BCUT2D eigenvalue weighted by Gasteiger charge is -2.70. The fourth-order valence-electron chi connectivity index (χ4n) is 10.3. The molecule has 2 unspecified atom stereocenters. The lowest BCUT2D eigenvalue weighted by molar-refractivity contribution is -0.179. The molecule has 3 saturated carbocycles. The Kier molecular flexibility index (Phi) is 5.24. The zero-order valence-electron chi connectivity index (χ0n) is 22.8. The Labute approximate surface area is 207 Å². The number of ether oxygens (including phenoxy) is 1. The average molecular weight is 467 g/mol. The SMILES string of the molecule is COC(=O)[C@]12CC[C@@H](C)[C@H](C)[C@H]1C1=CCC3[C@@]4(C)C=CC(=O)C(C)(C)C4CC[C@@]3(C)[C@]1(C)CC2. The van der Waals surface area contributed by atoms with Gasteiger partial charge in [0, 0.05) is 5.41 Å². The van der Waals surface area contributed by atoms with E-state index in [1.807, 2.05) is 6.08 Å². The number of allylic oxidation sites excluding steroid dienone is 4. The van der Waals surface area contributed by atoms with E-state index in [4.69, 9.17) is 4.74 Å². The van der Waals surface area contributed by atoms with E-state index in [2.05, 4.69) is 60.6 Å². The van der Waals surface area contributed by atoms with Crippen LogP contribution < -0.4 is 0 Å². The molecule has 0 radical (unpaired) electrons. The molecule has 0 aromatic rings. The van der Waals surface area contributed by atoms with E-state index in [0.29, 0.717) is 29.5 Å². The van der Waals surface area contributed by atoms with Crippen molar-refractivity contribution < 1.29 is 14.3 Å². The van der Waals surface area contributed by atoms with Gasteiger partial charge in [-0.15, -0.1) is 0 Å². The van der Waals surface area contributed by atoms with E-state index in [9.17, 15) is 9.59 Å². The van der Waals surface area contributed by atoms with Gasteiger partial charge in [0.15, 0.2) is 5.78 Å². The van der Waals surface area contributed by atoms with Crippen LogP contribution in [0.4, 0.5) is 0 Å². The molecule has 0 aromatic heterocycles. The summed E-state index contributed by atoms with van der Waals surface area (Å²) in [5.41, 5.74) is 1.19. The molecule has 3 nitrogen and oxygen atoms in total. The maximum Gasteiger partial charge on any atom is 0.312 e. The van der Waals surface area contributed by atoms with Crippen molar-refractivity contribution in [1.82, 2.24) is 0 Å². The van der Waals surface area contributed by atoms with E-state index in [1.54, 1.807) is 12.7 Å². The zero-order chi connectivity index (χ0) is 24.9. The number of hydrogen-bond acceptors (Lipinski definition) is 3. The van der Waals surface area contributed by atoms with E-state index < -0.39 is 0 Å². The van der Waals surface area contributed by atoms with Gasteiger partial charge >= 0.3 is 5.97 Å². The monoisotopic (exact) mass is 466 g/mol. The largest absolute Gasteiger partial charge is 0.469 e. The molecule has 188 valence electrons. The van der Waals surface area contributed by atoms with Crippen molar-refractivity contribution in [2.75, 3.05) is 7.11 Å². The maximum atomic E-state index is 13.4. The summed E-state index contributed by atoms with van der Waals surface area (Å²) in [6, 6.07) is 0. The highest BCUT2D eigenvalue weighted by Crippen LogP contribution is 2.75. The topological polar surface area (TPSA) is 43.4 Å². The first-order valence-corrected chi connectivity index (χ1v) is 13.8. The van der Waals surface area contributed by atoms with Gasteiger partial charge in [-0.2, -0.15) is 0 Å². The molecule has 0 N–H and O–H groups in total. The van der Waals surface area contributed by atoms with Gasteiger partial charge in [-0.1, -0.05) is 66.2 Å². The first kappa shape index (κ1) is 24.3. The van der Waals surface area contributed by atoms with E-state index in [1.165, 1.54) is 0 Å². The number of fused-ring (bicyclic) bond motifs is 7. The van der Waals surface area contributed by atoms with Crippen molar-refractivity contribution in [3.63, 3.8) is 0 Å². The lowest BCUT2D eigenvalue weighted by Crippen LogP contribution is -2.64. The predicted octanol–water partition coefficient (Wildman–Crippen LogP) is 7.16. The second-order valence-corrected chi connectivity index (χ2v) is 14.1. The first-order valence-electron chi connectivity index (χ1n) is 13.8. The van der Waals surface area contributed by atoms with Crippen molar-refractivity contribution in [1.29, 1.82) is 0 Å². The molecule has 5 aliphatic carbocycles. The van der Waals surface area contributed by atoms with Crippen LogP contribution >= 0.6 is 0 Å². The summed E-state index contributed by atoms with van der Waals surface area (Å²) in [5, 5.41) is 0. The Morgan fingerprint density at radius 3 is 2.35 bits per heavy atom. The second-order valence-electron chi connectivity index (χ2n) is 14.1. The number of esters is 1. The van der Waals surface area contributed by atoms with Crippen molar-refractivity contribution in [3.8, 4) is 0 Å². The average Bonchev–Trinajstić information content (AvgIpc) is 2.79. The van der Waals surface area contributed by atoms with Crippen LogP contribution in [0, 0.1) is 56.7 Å². The summed E-state index contributed by atoms with van der Waals surface area (Å²) in [5.74, 6) is 2.61. The molecule has 0 aromatic carbocycles. The fourth-order valence-corrected chi connectivity index (χ4v) is 10.3. The Balaban J connectivity index is 1.64. The highest BCUT2D eigenvalue weighted by atomic mass is 16.5. The summed E-state index contributed by atoms with van der Waals surface area (Å²) in [4.78, 5) is 26.2. The molecule has 34 heavy (non-hydrogen) atoms. The van der Waals surface area contributed by atoms with Gasteiger partial charge in [-0.25, -0.2) is 0 Å². The Bertz CT molecular complexity index is 973. The van der Waals surface area contributed by atoms with Crippen molar-refractivity contribution in [2.45, 2.75) is 93.4 Å². The molecule has 0 spiro atoms. The van der Waals surface area contributed by atoms with E-state index >= 15 is 0 Å². The maximum absolute atomic E-state index is 13.4. The Morgan fingerprint density at radius 1 is 0.971 bits per heavy atom. The third kappa shape index (κ3) is 2.71. The van der Waals surface area contributed by atoms with Crippen LogP contribution in [0.2, 0.25) is 0 Å². The molecule has 5 aliphatic rings. The molecule has 3 heteroatoms. The third-order valence-corrected chi connectivity index (χ3v) is 12.9. The summed E-state index contributed by atoms with van der Waals surface area (Å²) in [7, 11) is 1.58. The number of rotatable bonds is 1. The smallest absolute Gasteiger partial charge is 0.312 e. The van der Waals surface area contributed by atoms with Gasteiger partial charge < -0.3 is 4.74 Å². The number of ketones is 1. The minimum atomic E-state index is -0.352. The highest BCUT2D eigenvalue weighted by Gasteiger charge is 2.69. The molecule has 3 fully saturated rings. The van der Waals surface area contributed by atoms with E-state index in [-0.39, 0.29) is 39.0 Å². The number of carbonyl (C=O) groups excluding carboxylic acids is 2. The minimum absolute atomic E-state index is 0.0256. The highest BCUT2D eigenvalue weighted by molar-refractivity contribution is 5.95. The molecule has 0 heterocycles. The van der Waals surface area contributed by atoms with Gasteiger partial charge in [-0.05, 0) is 96.9 Å². The zero-order valence-corrected chi connectivity index (χ0v) is 22.8. The van der Waals surface area contributed by atoms with Gasteiger partial charge in [-0.3, -0.25) is 9.59 Å². The van der Waals surface area contributed by atoms with Crippen LogP contribution in [0.15, 0.2) is 23.8 Å². The number of hydrogen-bond donors (Lipinski definition) is 0. The van der Waals surface area contributed by atoms with Gasteiger partial charge in [0.2, 0.25) is 0 Å². The van der Waals surface area contributed by atoms with Gasteiger partial charge in [0.1, 0.15) is 0 Å². The standard InChI is InChI=1S/C31H46O3/c1-19-11-16-31(26(33)34-8)18-17-29(6)21(25(31)20(19)2)9-10-23-28(5)14-13-24(32)27(3,4)22(28)12-15-30(23,29)7/h9,13-14,19-20,22-23,25H,10-12,15-18H2,1-8H3/t19-,20+,22?,23?,25+,28+,29-,30-,31+/m1/s1. The number of methoxy groups -OCH3 is 1.